The Morgan fingerprint density at radius 3 is 2.31 bits per heavy atom. The fourth-order valence-electron chi connectivity index (χ4n) is 3.91. The van der Waals surface area contributed by atoms with E-state index in [2.05, 4.69) is 29.6 Å². The molecule has 6 heteroatoms. The van der Waals surface area contributed by atoms with Gasteiger partial charge in [-0.3, -0.25) is 0 Å². The lowest BCUT2D eigenvalue weighted by Gasteiger charge is -2.14. The van der Waals surface area contributed by atoms with Gasteiger partial charge in [0.2, 0.25) is 0 Å². The van der Waals surface area contributed by atoms with Crippen LogP contribution in [-0.4, -0.2) is 19.2 Å². The highest BCUT2D eigenvalue weighted by molar-refractivity contribution is 5.79. The Balaban J connectivity index is 1.29. The third kappa shape index (κ3) is 4.37. The lowest BCUT2D eigenvalue weighted by molar-refractivity contribution is 0.143. The minimum Gasteiger partial charge on any atom is -0.449 e. The molecule has 1 aliphatic carbocycles. The van der Waals surface area contributed by atoms with E-state index in [0.29, 0.717) is 13.0 Å². The molecule has 3 aromatic carbocycles. The number of nitrogens with zero attached hydrogens (tertiary/aromatic N) is 1. The zero-order valence-corrected chi connectivity index (χ0v) is 17.1. The van der Waals surface area contributed by atoms with Crippen molar-refractivity contribution in [2.75, 3.05) is 13.2 Å². The van der Waals surface area contributed by atoms with E-state index in [-0.39, 0.29) is 23.7 Å². The van der Waals surface area contributed by atoms with Crippen LogP contribution in [0.1, 0.15) is 34.6 Å². The average molecular weight is 430 g/mol. The SMILES string of the molecule is N#Cc1cc(F)c(F)cc1C=CCCNC(=O)OCC1c2ccccc2-c2ccccc21. The molecule has 1 amide bonds. The largest absolute Gasteiger partial charge is 0.449 e. The van der Waals surface area contributed by atoms with Crippen LogP contribution in [0.5, 0.6) is 0 Å². The van der Waals surface area contributed by atoms with E-state index in [9.17, 15) is 13.6 Å². The first-order valence-electron chi connectivity index (χ1n) is 10.2. The Bertz CT molecular complexity index is 1190. The summed E-state index contributed by atoms with van der Waals surface area (Å²) in [5.41, 5.74) is 4.94. The molecule has 0 aliphatic heterocycles. The van der Waals surface area contributed by atoms with Gasteiger partial charge in [-0.1, -0.05) is 60.7 Å². The monoisotopic (exact) mass is 430 g/mol. The molecule has 0 heterocycles. The molecule has 0 aromatic heterocycles. The number of hydrogen-bond donors (Lipinski definition) is 1. The van der Waals surface area contributed by atoms with Gasteiger partial charge in [0.25, 0.3) is 0 Å². The summed E-state index contributed by atoms with van der Waals surface area (Å²) >= 11 is 0. The highest BCUT2D eigenvalue weighted by Crippen LogP contribution is 2.44. The molecule has 32 heavy (non-hydrogen) atoms. The molecule has 3 aromatic rings. The minimum atomic E-state index is -1.06. The standard InChI is InChI=1S/C26H20F2N2O2/c27-24-13-17(18(15-29)14-25(24)28)7-5-6-12-30-26(31)32-16-23-21-10-3-1-8-19(21)20-9-2-4-11-22(20)23/h1-5,7-11,13-14,23H,6,12,16H2,(H,30,31). The van der Waals surface area contributed by atoms with Gasteiger partial charge in [0.15, 0.2) is 11.6 Å². The summed E-state index contributed by atoms with van der Waals surface area (Å²) in [6.45, 7) is 0.537. The van der Waals surface area contributed by atoms with E-state index in [0.717, 1.165) is 34.4 Å². The summed E-state index contributed by atoms with van der Waals surface area (Å²) in [4.78, 5) is 12.1. The zero-order valence-electron chi connectivity index (χ0n) is 17.1. The van der Waals surface area contributed by atoms with Crippen molar-refractivity contribution in [3.05, 3.63) is 101 Å². The van der Waals surface area contributed by atoms with Crippen LogP contribution in [-0.2, 0) is 4.74 Å². The molecule has 0 fully saturated rings. The molecular formula is C26H20F2N2O2. The lowest BCUT2D eigenvalue weighted by Crippen LogP contribution is -2.26. The van der Waals surface area contributed by atoms with Crippen LogP contribution >= 0.6 is 0 Å². The number of rotatable bonds is 6. The van der Waals surface area contributed by atoms with Crippen molar-refractivity contribution in [1.29, 1.82) is 5.26 Å². The number of fused-ring (bicyclic) bond motifs is 3. The van der Waals surface area contributed by atoms with Crippen LogP contribution in [0.3, 0.4) is 0 Å². The first kappa shape index (κ1) is 21.3. The predicted octanol–water partition coefficient (Wildman–Crippen LogP) is 5.78. The summed E-state index contributed by atoms with van der Waals surface area (Å²) in [7, 11) is 0. The molecule has 4 nitrogen and oxygen atoms in total. The smallest absolute Gasteiger partial charge is 0.407 e. The fourth-order valence-corrected chi connectivity index (χ4v) is 3.91. The van der Waals surface area contributed by atoms with Gasteiger partial charge in [-0.05, 0) is 46.4 Å². The molecule has 160 valence electrons. The van der Waals surface area contributed by atoms with Gasteiger partial charge in [0.1, 0.15) is 6.61 Å². The van der Waals surface area contributed by atoms with Gasteiger partial charge in [-0.15, -0.1) is 0 Å². The summed E-state index contributed by atoms with van der Waals surface area (Å²) in [6, 6.07) is 19.9. The fraction of sp³-hybridized carbons (Fsp3) is 0.154. The molecular weight excluding hydrogens is 410 g/mol. The maximum atomic E-state index is 13.4. The average Bonchev–Trinajstić information content (AvgIpc) is 3.13. The van der Waals surface area contributed by atoms with Crippen molar-refractivity contribution in [1.82, 2.24) is 5.32 Å². The van der Waals surface area contributed by atoms with Crippen LogP contribution in [0.2, 0.25) is 0 Å². The van der Waals surface area contributed by atoms with E-state index in [1.807, 2.05) is 30.3 Å². The van der Waals surface area contributed by atoms with Gasteiger partial charge < -0.3 is 10.1 Å². The van der Waals surface area contributed by atoms with Crippen LogP contribution in [0.25, 0.3) is 17.2 Å². The highest BCUT2D eigenvalue weighted by atomic mass is 19.2. The quantitative estimate of drug-likeness (QED) is 0.505. The third-order valence-corrected chi connectivity index (χ3v) is 5.43. The molecule has 0 unspecified atom stereocenters. The van der Waals surface area contributed by atoms with Gasteiger partial charge in [-0.2, -0.15) is 5.26 Å². The number of alkyl carbamates (subject to hydrolysis) is 1. The van der Waals surface area contributed by atoms with Crippen LogP contribution < -0.4 is 5.32 Å². The predicted molar refractivity (Wildman–Crippen MR) is 118 cm³/mol. The van der Waals surface area contributed by atoms with Crippen molar-refractivity contribution in [3.8, 4) is 17.2 Å². The number of carbonyl (C=O) groups excluding carboxylic acids is 1. The molecule has 0 radical (unpaired) electrons. The van der Waals surface area contributed by atoms with E-state index < -0.39 is 17.7 Å². The Hall–Kier alpha value is -3.98. The van der Waals surface area contributed by atoms with E-state index in [4.69, 9.17) is 10.00 Å². The third-order valence-electron chi connectivity index (χ3n) is 5.43. The number of benzene rings is 3. The van der Waals surface area contributed by atoms with Crippen LogP contribution in [0.15, 0.2) is 66.7 Å². The van der Waals surface area contributed by atoms with Crippen molar-refractivity contribution >= 4 is 12.2 Å². The number of ether oxygens (including phenoxy) is 1. The molecule has 1 aliphatic rings. The minimum absolute atomic E-state index is 0.00850. The highest BCUT2D eigenvalue weighted by Gasteiger charge is 2.28. The van der Waals surface area contributed by atoms with Crippen molar-refractivity contribution in [2.45, 2.75) is 12.3 Å². The molecule has 0 spiro atoms. The zero-order chi connectivity index (χ0) is 22.5. The number of carbonyl (C=O) groups is 1. The second-order valence-corrected chi connectivity index (χ2v) is 7.41. The second-order valence-electron chi connectivity index (χ2n) is 7.41. The first-order valence-corrected chi connectivity index (χ1v) is 10.2. The number of amides is 1. The first-order chi connectivity index (χ1) is 15.6. The number of nitrogens with one attached hydrogen (secondary N) is 1. The Labute approximate surface area is 184 Å². The second kappa shape index (κ2) is 9.44. The van der Waals surface area contributed by atoms with Crippen LogP contribution in [0.4, 0.5) is 13.6 Å². The summed E-state index contributed by atoms with van der Waals surface area (Å²) < 4.78 is 32.1. The van der Waals surface area contributed by atoms with E-state index in [1.54, 1.807) is 6.08 Å². The Morgan fingerprint density at radius 2 is 1.66 bits per heavy atom. The van der Waals surface area contributed by atoms with Crippen molar-refractivity contribution in [2.24, 2.45) is 0 Å². The molecule has 1 N–H and O–H groups in total. The molecule has 4 rings (SSSR count). The maximum absolute atomic E-state index is 13.4. The normalized spacial score (nSPS) is 12.3. The number of nitriles is 1. The number of hydrogen-bond acceptors (Lipinski definition) is 3. The Kier molecular flexibility index (Phi) is 6.27. The van der Waals surface area contributed by atoms with Crippen molar-refractivity contribution < 1.29 is 18.3 Å². The van der Waals surface area contributed by atoms with E-state index in [1.165, 1.54) is 6.08 Å². The van der Waals surface area contributed by atoms with Crippen molar-refractivity contribution in [3.63, 3.8) is 0 Å². The summed E-state index contributed by atoms with van der Waals surface area (Å²) in [5, 5.41) is 11.7. The summed E-state index contributed by atoms with van der Waals surface area (Å²) in [6.07, 6.45) is 3.12. The Morgan fingerprint density at radius 1 is 1.03 bits per heavy atom. The van der Waals surface area contributed by atoms with Gasteiger partial charge in [0.05, 0.1) is 11.6 Å². The van der Waals surface area contributed by atoms with Gasteiger partial charge in [0, 0.05) is 12.5 Å². The topological polar surface area (TPSA) is 62.1 Å². The molecule has 0 saturated heterocycles. The van der Waals surface area contributed by atoms with E-state index >= 15 is 0 Å². The number of halogens is 2. The lowest BCUT2D eigenvalue weighted by atomic mass is 9.98. The molecule has 0 saturated carbocycles. The van der Waals surface area contributed by atoms with Gasteiger partial charge >= 0.3 is 6.09 Å². The molecule has 0 bridgehead atoms. The van der Waals surface area contributed by atoms with Gasteiger partial charge in [-0.25, -0.2) is 13.6 Å². The maximum Gasteiger partial charge on any atom is 0.407 e. The molecule has 0 atom stereocenters. The van der Waals surface area contributed by atoms with Crippen LogP contribution in [0, 0.1) is 23.0 Å². The summed E-state index contributed by atoms with van der Waals surface area (Å²) in [5.74, 6) is -2.08.